The first-order chi connectivity index (χ1) is 14.1. The van der Waals surface area contributed by atoms with E-state index in [1.807, 2.05) is 0 Å². The lowest BCUT2D eigenvalue weighted by atomic mass is 9.51. The van der Waals surface area contributed by atoms with Crippen LogP contribution in [0.4, 0.5) is 13.2 Å². The van der Waals surface area contributed by atoms with Gasteiger partial charge in [0.2, 0.25) is 0 Å². The average Bonchev–Trinajstić information content (AvgIpc) is 3.11. The van der Waals surface area contributed by atoms with Crippen molar-refractivity contribution >= 4 is 10.1 Å². The molecule has 0 unspecified atom stereocenters. The van der Waals surface area contributed by atoms with Crippen molar-refractivity contribution in [1.82, 2.24) is 4.90 Å². The fourth-order valence-electron chi connectivity index (χ4n) is 6.15. The van der Waals surface area contributed by atoms with Crippen molar-refractivity contribution in [3.05, 3.63) is 29.3 Å². The lowest BCUT2D eigenvalue weighted by molar-refractivity contribution is -0.212. The van der Waals surface area contributed by atoms with Crippen LogP contribution in [0.25, 0.3) is 0 Å². The molecule has 2 aliphatic heterocycles. The lowest BCUT2D eigenvalue weighted by Gasteiger charge is -2.60. The van der Waals surface area contributed by atoms with Crippen LogP contribution in [0.2, 0.25) is 0 Å². The van der Waals surface area contributed by atoms with Crippen LogP contribution in [0, 0.1) is 5.92 Å². The molecule has 2 aliphatic carbocycles. The molecule has 0 N–H and O–H groups in total. The molecule has 1 aromatic carbocycles. The molecule has 5 rings (SSSR count). The standard InChI is InChI=1S/C20H24F3NO5S/c1-24-7-6-18-12-19(27-8-9-28-19)5-4-15(18)17(24)10-13-2-3-14(11-16(13)18)29-30(25,26)20(21,22)23/h2-3,11,15,17H,4-10,12H2,1H3/t15-,17+,18-/m1/s1. The Morgan fingerprint density at radius 1 is 1.20 bits per heavy atom. The third-order valence-electron chi connectivity index (χ3n) is 7.42. The summed E-state index contributed by atoms with van der Waals surface area (Å²) in [6.07, 6.45) is 3.89. The summed E-state index contributed by atoms with van der Waals surface area (Å²) in [5, 5.41) is 0. The van der Waals surface area contributed by atoms with Crippen molar-refractivity contribution in [2.45, 2.75) is 54.9 Å². The molecule has 1 saturated carbocycles. The van der Waals surface area contributed by atoms with Crippen LogP contribution in [0.15, 0.2) is 18.2 Å². The zero-order valence-electron chi connectivity index (χ0n) is 16.6. The number of hydrogen-bond donors (Lipinski definition) is 0. The van der Waals surface area contributed by atoms with E-state index in [2.05, 4.69) is 16.1 Å². The molecule has 3 atom stereocenters. The van der Waals surface area contributed by atoms with Gasteiger partial charge in [0.1, 0.15) is 5.75 Å². The minimum atomic E-state index is -5.72. The van der Waals surface area contributed by atoms with Gasteiger partial charge in [-0.1, -0.05) is 6.07 Å². The molecule has 3 fully saturated rings. The van der Waals surface area contributed by atoms with Gasteiger partial charge in [0.15, 0.2) is 5.79 Å². The number of likely N-dealkylation sites (N-methyl/N-ethyl adjacent to an activating group) is 1. The van der Waals surface area contributed by atoms with Crippen LogP contribution < -0.4 is 4.18 Å². The third-order valence-corrected chi connectivity index (χ3v) is 8.40. The molecule has 2 heterocycles. The SMILES string of the molecule is CN1CC[C@@]23CC4(CC[C@@H]2[C@@H]1Cc1ccc(OS(=O)(=O)C(F)(F)F)cc13)OCCO4. The van der Waals surface area contributed by atoms with Crippen molar-refractivity contribution in [3.8, 4) is 5.75 Å². The van der Waals surface area contributed by atoms with Gasteiger partial charge in [-0.2, -0.15) is 21.6 Å². The van der Waals surface area contributed by atoms with Crippen molar-refractivity contribution < 1.29 is 35.2 Å². The smallest absolute Gasteiger partial charge is 0.376 e. The van der Waals surface area contributed by atoms with Gasteiger partial charge in [-0.3, -0.25) is 0 Å². The van der Waals surface area contributed by atoms with E-state index in [-0.39, 0.29) is 11.2 Å². The maximum Gasteiger partial charge on any atom is 0.534 e. The molecule has 2 bridgehead atoms. The van der Waals surface area contributed by atoms with Gasteiger partial charge in [0.05, 0.1) is 13.2 Å². The second-order valence-electron chi connectivity index (χ2n) is 8.89. The number of rotatable bonds is 2. The normalized spacial score (nSPS) is 33.2. The third kappa shape index (κ3) is 2.98. The van der Waals surface area contributed by atoms with Crippen LogP contribution in [0.5, 0.6) is 5.75 Å². The van der Waals surface area contributed by atoms with Crippen LogP contribution in [-0.2, 0) is 31.4 Å². The highest BCUT2D eigenvalue weighted by atomic mass is 32.2. The summed E-state index contributed by atoms with van der Waals surface area (Å²) < 4.78 is 78.0. The molecule has 2 saturated heterocycles. The summed E-state index contributed by atoms with van der Waals surface area (Å²) in [6, 6.07) is 4.85. The number of piperidine rings is 1. The molecule has 0 radical (unpaired) electrons. The summed E-state index contributed by atoms with van der Waals surface area (Å²) in [7, 11) is -3.61. The monoisotopic (exact) mass is 447 g/mol. The Hall–Kier alpha value is -1.36. The Labute approximate surface area is 173 Å². The fourth-order valence-corrected chi connectivity index (χ4v) is 6.61. The van der Waals surface area contributed by atoms with Crippen LogP contribution in [0.1, 0.15) is 36.8 Å². The summed E-state index contributed by atoms with van der Waals surface area (Å²) in [5.74, 6) is -0.665. The Kier molecular flexibility index (Phi) is 4.50. The largest absolute Gasteiger partial charge is 0.534 e. The average molecular weight is 447 g/mol. The molecule has 0 amide bonds. The quantitative estimate of drug-likeness (QED) is 0.513. The summed E-state index contributed by atoms with van der Waals surface area (Å²) in [6.45, 7) is 1.91. The van der Waals surface area contributed by atoms with E-state index in [0.717, 1.165) is 43.4 Å². The molecule has 1 spiro atoms. The second kappa shape index (κ2) is 6.57. The highest BCUT2D eigenvalue weighted by Crippen LogP contribution is 2.59. The van der Waals surface area contributed by atoms with Gasteiger partial charge >= 0.3 is 15.6 Å². The van der Waals surface area contributed by atoms with Gasteiger partial charge in [-0.15, -0.1) is 0 Å². The number of likely N-dealkylation sites (tertiary alicyclic amines) is 1. The minimum Gasteiger partial charge on any atom is -0.376 e. The molecule has 6 nitrogen and oxygen atoms in total. The first-order valence-corrected chi connectivity index (χ1v) is 11.6. The summed E-state index contributed by atoms with van der Waals surface area (Å²) >= 11 is 0. The van der Waals surface area contributed by atoms with E-state index in [0.29, 0.717) is 31.6 Å². The highest BCUT2D eigenvalue weighted by Gasteiger charge is 2.60. The van der Waals surface area contributed by atoms with Crippen LogP contribution in [0.3, 0.4) is 0 Å². The van der Waals surface area contributed by atoms with Crippen molar-refractivity contribution in [2.24, 2.45) is 5.92 Å². The predicted octanol–water partition coefficient (Wildman–Crippen LogP) is 2.96. The van der Waals surface area contributed by atoms with Gasteiger partial charge in [0, 0.05) is 24.3 Å². The van der Waals surface area contributed by atoms with E-state index >= 15 is 0 Å². The molecule has 30 heavy (non-hydrogen) atoms. The highest BCUT2D eigenvalue weighted by molar-refractivity contribution is 7.88. The molecular weight excluding hydrogens is 423 g/mol. The molecule has 166 valence electrons. The molecule has 0 aromatic heterocycles. The van der Waals surface area contributed by atoms with Gasteiger partial charge < -0.3 is 18.6 Å². The van der Waals surface area contributed by atoms with E-state index in [1.54, 1.807) is 6.07 Å². The number of benzene rings is 1. The second-order valence-corrected chi connectivity index (χ2v) is 10.4. The number of fused-ring (bicyclic) bond motifs is 1. The summed E-state index contributed by atoms with van der Waals surface area (Å²) in [5.41, 5.74) is -3.91. The van der Waals surface area contributed by atoms with Crippen molar-refractivity contribution in [3.63, 3.8) is 0 Å². The molecule has 10 heteroatoms. The zero-order chi connectivity index (χ0) is 21.4. The van der Waals surface area contributed by atoms with Gasteiger partial charge in [-0.05, 0) is 62.0 Å². The Balaban J connectivity index is 1.58. The Bertz CT molecular complexity index is 960. The lowest BCUT2D eigenvalue weighted by Crippen LogP contribution is -2.63. The van der Waals surface area contributed by atoms with Crippen molar-refractivity contribution in [2.75, 3.05) is 26.8 Å². The van der Waals surface area contributed by atoms with E-state index < -0.39 is 21.4 Å². The number of hydrogen-bond acceptors (Lipinski definition) is 6. The summed E-state index contributed by atoms with van der Waals surface area (Å²) in [4.78, 5) is 2.36. The number of ether oxygens (including phenoxy) is 2. The van der Waals surface area contributed by atoms with Gasteiger partial charge in [0.25, 0.3) is 0 Å². The fraction of sp³-hybridized carbons (Fsp3) is 0.700. The first kappa shape index (κ1) is 20.5. The van der Waals surface area contributed by atoms with E-state index in [1.165, 1.54) is 12.1 Å². The topological polar surface area (TPSA) is 65.1 Å². The Morgan fingerprint density at radius 3 is 2.63 bits per heavy atom. The minimum absolute atomic E-state index is 0.301. The predicted molar refractivity (Wildman–Crippen MR) is 100 cm³/mol. The van der Waals surface area contributed by atoms with Gasteiger partial charge in [-0.25, -0.2) is 0 Å². The number of halogens is 3. The molecule has 1 aromatic rings. The van der Waals surface area contributed by atoms with Crippen LogP contribution >= 0.6 is 0 Å². The zero-order valence-corrected chi connectivity index (χ0v) is 17.4. The van der Waals surface area contributed by atoms with E-state index in [9.17, 15) is 21.6 Å². The molecule has 4 aliphatic rings. The maximum atomic E-state index is 12.8. The Morgan fingerprint density at radius 2 is 1.93 bits per heavy atom. The first-order valence-electron chi connectivity index (χ1n) is 10.2. The number of alkyl halides is 3. The number of nitrogens with zero attached hydrogens (tertiary/aromatic N) is 1. The molecular formula is C20H24F3NO5S. The van der Waals surface area contributed by atoms with E-state index in [4.69, 9.17) is 9.47 Å². The van der Waals surface area contributed by atoms with Crippen molar-refractivity contribution in [1.29, 1.82) is 0 Å². The van der Waals surface area contributed by atoms with Crippen LogP contribution in [-0.4, -0.2) is 57.5 Å². The maximum absolute atomic E-state index is 12.8.